The Balaban J connectivity index is 2.38. The Kier molecular flexibility index (Phi) is 3.66. The number of methoxy groups -OCH3 is 2. The number of hydrogen-bond acceptors (Lipinski definition) is 7. The summed E-state index contributed by atoms with van der Waals surface area (Å²) in [6, 6.07) is 0. The Labute approximate surface area is 117 Å². The molecule has 0 bridgehead atoms. The third-order valence-electron chi connectivity index (χ3n) is 3.69. The van der Waals surface area contributed by atoms with E-state index < -0.39 is 35.4 Å². The van der Waals surface area contributed by atoms with Crippen molar-refractivity contribution in [2.45, 2.75) is 56.6 Å². The Morgan fingerprint density at radius 2 is 1.80 bits per heavy atom. The molecule has 114 valence electrons. The summed E-state index contributed by atoms with van der Waals surface area (Å²) in [7, 11) is 2.66. The van der Waals surface area contributed by atoms with Crippen LogP contribution < -0.4 is 0 Å². The molecule has 20 heavy (non-hydrogen) atoms. The largest absolute Gasteiger partial charge is 0.469 e. The van der Waals surface area contributed by atoms with E-state index in [2.05, 4.69) is 4.74 Å². The van der Waals surface area contributed by atoms with Gasteiger partial charge in [0.25, 0.3) is 0 Å². The Morgan fingerprint density at radius 1 is 1.20 bits per heavy atom. The number of carbonyl (C=O) groups is 2. The van der Waals surface area contributed by atoms with E-state index in [0.717, 1.165) is 0 Å². The van der Waals surface area contributed by atoms with Crippen molar-refractivity contribution in [2.24, 2.45) is 0 Å². The van der Waals surface area contributed by atoms with Crippen LogP contribution in [0.15, 0.2) is 0 Å². The van der Waals surface area contributed by atoms with E-state index in [9.17, 15) is 9.59 Å². The summed E-state index contributed by atoms with van der Waals surface area (Å²) in [6.07, 6.45) is -0.895. The predicted octanol–water partition coefficient (Wildman–Crippen LogP) is 0.400. The van der Waals surface area contributed by atoms with Gasteiger partial charge in [-0.25, -0.2) is 0 Å². The molecule has 4 atom stereocenters. The van der Waals surface area contributed by atoms with Gasteiger partial charge in [-0.3, -0.25) is 4.79 Å². The summed E-state index contributed by atoms with van der Waals surface area (Å²) >= 11 is 0. The number of aldehydes is 1. The monoisotopic (exact) mass is 288 g/mol. The third kappa shape index (κ3) is 2.24. The zero-order valence-corrected chi connectivity index (χ0v) is 12.3. The second kappa shape index (κ2) is 4.77. The van der Waals surface area contributed by atoms with Gasteiger partial charge < -0.3 is 28.5 Å². The molecule has 0 aromatic rings. The maximum atomic E-state index is 11.6. The second-order valence-corrected chi connectivity index (χ2v) is 5.65. The number of hydrogen-bond donors (Lipinski definition) is 0. The lowest BCUT2D eigenvalue weighted by molar-refractivity contribution is -0.296. The third-order valence-corrected chi connectivity index (χ3v) is 3.69. The molecule has 0 aromatic heterocycles. The van der Waals surface area contributed by atoms with Crippen molar-refractivity contribution in [3.8, 4) is 0 Å². The van der Waals surface area contributed by atoms with Gasteiger partial charge in [0.15, 0.2) is 17.7 Å². The highest BCUT2D eigenvalue weighted by atomic mass is 16.8. The van der Waals surface area contributed by atoms with Crippen molar-refractivity contribution in [1.29, 1.82) is 0 Å². The predicted molar refractivity (Wildman–Crippen MR) is 65.8 cm³/mol. The zero-order chi connectivity index (χ0) is 15.2. The first-order chi connectivity index (χ1) is 9.22. The molecule has 0 spiro atoms. The summed E-state index contributed by atoms with van der Waals surface area (Å²) in [4.78, 5) is 23.0. The Morgan fingerprint density at radius 3 is 2.30 bits per heavy atom. The highest BCUT2D eigenvalue weighted by Gasteiger charge is 2.69. The normalized spacial score (nSPS) is 42.2. The van der Waals surface area contributed by atoms with E-state index in [4.69, 9.17) is 18.9 Å². The van der Waals surface area contributed by atoms with Crippen molar-refractivity contribution in [3.63, 3.8) is 0 Å². The zero-order valence-electron chi connectivity index (χ0n) is 12.3. The van der Waals surface area contributed by atoms with Crippen LogP contribution in [0.5, 0.6) is 0 Å². The average Bonchev–Trinajstić information content (AvgIpc) is 2.83. The van der Waals surface area contributed by atoms with Crippen molar-refractivity contribution < 1.29 is 33.3 Å². The molecular formula is C13H20O7. The lowest BCUT2D eigenvalue weighted by Gasteiger charge is -2.33. The van der Waals surface area contributed by atoms with Gasteiger partial charge in [0.1, 0.15) is 18.6 Å². The molecule has 0 unspecified atom stereocenters. The molecule has 7 nitrogen and oxygen atoms in total. The molecule has 0 aliphatic carbocycles. The SMILES string of the molecule is COC(=O)C[C@@]1(OC)O[C@@](C)(C=O)[C@@H]2OC(C)(C)O[C@@H]21. The summed E-state index contributed by atoms with van der Waals surface area (Å²) < 4.78 is 27.3. The van der Waals surface area contributed by atoms with Crippen molar-refractivity contribution in [2.75, 3.05) is 14.2 Å². The molecule has 0 amide bonds. The quantitative estimate of drug-likeness (QED) is 0.547. The molecule has 0 radical (unpaired) electrons. The summed E-state index contributed by atoms with van der Waals surface area (Å²) in [5.74, 6) is -2.81. The van der Waals surface area contributed by atoms with Gasteiger partial charge in [-0.05, 0) is 20.8 Å². The fourth-order valence-electron chi connectivity index (χ4n) is 2.72. The van der Waals surface area contributed by atoms with Crippen molar-refractivity contribution >= 4 is 12.3 Å². The topological polar surface area (TPSA) is 80.3 Å². The van der Waals surface area contributed by atoms with Crippen LogP contribution in [-0.2, 0) is 33.3 Å². The van der Waals surface area contributed by atoms with Crippen LogP contribution in [-0.4, -0.2) is 55.9 Å². The molecule has 2 rings (SSSR count). The first-order valence-corrected chi connectivity index (χ1v) is 6.36. The molecule has 2 aliphatic rings. The first kappa shape index (κ1) is 15.4. The van der Waals surface area contributed by atoms with E-state index in [1.165, 1.54) is 14.2 Å². The maximum Gasteiger partial charge on any atom is 0.311 e. The van der Waals surface area contributed by atoms with Crippen LogP contribution in [0.4, 0.5) is 0 Å². The van der Waals surface area contributed by atoms with E-state index in [1.54, 1.807) is 20.8 Å². The van der Waals surface area contributed by atoms with Crippen LogP contribution in [0, 0.1) is 0 Å². The Bertz CT molecular complexity index is 421. The number of rotatable bonds is 4. The van der Waals surface area contributed by atoms with E-state index in [0.29, 0.717) is 6.29 Å². The van der Waals surface area contributed by atoms with Gasteiger partial charge in [0, 0.05) is 7.11 Å². The van der Waals surface area contributed by atoms with Crippen LogP contribution in [0.3, 0.4) is 0 Å². The van der Waals surface area contributed by atoms with Crippen molar-refractivity contribution in [1.82, 2.24) is 0 Å². The molecule has 0 N–H and O–H groups in total. The van der Waals surface area contributed by atoms with Crippen LogP contribution in [0.2, 0.25) is 0 Å². The standard InChI is InChI=1S/C13H20O7/c1-11(2)18-9-10(19-11)13(17-5,6-8(15)16-4)20-12(9,3)7-14/h7,9-10H,6H2,1-5H3/t9-,10+,12+,13-/m1/s1. The molecule has 2 heterocycles. The smallest absolute Gasteiger partial charge is 0.311 e. The molecule has 2 aliphatic heterocycles. The summed E-state index contributed by atoms with van der Waals surface area (Å²) in [5, 5.41) is 0. The second-order valence-electron chi connectivity index (χ2n) is 5.65. The van der Waals surface area contributed by atoms with E-state index in [1.807, 2.05) is 0 Å². The van der Waals surface area contributed by atoms with Gasteiger partial charge in [-0.1, -0.05) is 0 Å². The highest BCUT2D eigenvalue weighted by molar-refractivity contribution is 5.71. The molecule has 2 saturated heterocycles. The first-order valence-electron chi connectivity index (χ1n) is 6.36. The number of carbonyl (C=O) groups excluding carboxylic acids is 2. The van der Waals surface area contributed by atoms with Gasteiger partial charge in [-0.15, -0.1) is 0 Å². The highest BCUT2D eigenvalue weighted by Crippen LogP contribution is 2.49. The summed E-state index contributed by atoms with van der Waals surface area (Å²) in [5.41, 5.74) is -1.25. The fourth-order valence-corrected chi connectivity index (χ4v) is 2.72. The summed E-state index contributed by atoms with van der Waals surface area (Å²) in [6.45, 7) is 5.05. The molecule has 0 saturated carbocycles. The molecular weight excluding hydrogens is 268 g/mol. The minimum atomic E-state index is -1.40. The van der Waals surface area contributed by atoms with Crippen LogP contribution in [0.25, 0.3) is 0 Å². The molecule has 7 heteroatoms. The van der Waals surface area contributed by atoms with Crippen molar-refractivity contribution in [3.05, 3.63) is 0 Å². The number of esters is 1. The number of fused-ring (bicyclic) bond motifs is 1. The average molecular weight is 288 g/mol. The van der Waals surface area contributed by atoms with Gasteiger partial charge >= 0.3 is 5.97 Å². The van der Waals surface area contributed by atoms with Crippen LogP contribution >= 0.6 is 0 Å². The van der Waals surface area contributed by atoms with E-state index in [-0.39, 0.29) is 6.42 Å². The minimum Gasteiger partial charge on any atom is -0.469 e. The van der Waals surface area contributed by atoms with Gasteiger partial charge in [0.05, 0.1) is 7.11 Å². The van der Waals surface area contributed by atoms with Crippen LogP contribution in [0.1, 0.15) is 27.2 Å². The molecule has 0 aromatic carbocycles. The molecule has 2 fully saturated rings. The fraction of sp³-hybridized carbons (Fsp3) is 0.846. The lowest BCUT2D eigenvalue weighted by Crippen LogP contribution is -2.47. The van der Waals surface area contributed by atoms with E-state index >= 15 is 0 Å². The Hall–Kier alpha value is -1.02. The maximum absolute atomic E-state index is 11.6. The van der Waals surface area contributed by atoms with Gasteiger partial charge in [0.2, 0.25) is 5.79 Å². The minimum absolute atomic E-state index is 0.190. The lowest BCUT2D eigenvalue weighted by atomic mass is 9.96. The van der Waals surface area contributed by atoms with Gasteiger partial charge in [-0.2, -0.15) is 0 Å². The number of ether oxygens (including phenoxy) is 5.